The van der Waals surface area contributed by atoms with Crippen molar-refractivity contribution in [3.63, 3.8) is 0 Å². The number of carbonyl (C=O) groups is 1. The SMILES string of the molecule is COc1ccc(C)cc1-n1nnnc1SCC(=O)NCCCNC(C)(C)C. The second-order valence-electron chi connectivity index (χ2n) is 7.22. The number of aromatic nitrogens is 4. The Morgan fingerprint density at radius 2 is 2.07 bits per heavy atom. The Kier molecular flexibility index (Phi) is 7.61. The van der Waals surface area contributed by atoms with Crippen LogP contribution in [0.25, 0.3) is 5.69 Å². The number of rotatable bonds is 9. The van der Waals surface area contributed by atoms with Gasteiger partial charge >= 0.3 is 0 Å². The lowest BCUT2D eigenvalue weighted by Gasteiger charge is -2.20. The normalized spacial score (nSPS) is 11.4. The molecule has 0 aliphatic heterocycles. The number of hydrogen-bond acceptors (Lipinski definition) is 7. The van der Waals surface area contributed by atoms with Crippen LogP contribution in [-0.2, 0) is 4.79 Å². The number of methoxy groups -OCH3 is 1. The van der Waals surface area contributed by atoms with E-state index in [2.05, 4.69) is 46.9 Å². The molecule has 0 saturated carbocycles. The molecule has 1 aromatic carbocycles. The van der Waals surface area contributed by atoms with Crippen molar-refractivity contribution in [1.82, 2.24) is 30.8 Å². The maximum atomic E-state index is 12.1. The first kappa shape index (κ1) is 21.2. The summed E-state index contributed by atoms with van der Waals surface area (Å²) < 4.78 is 6.99. The standard InChI is InChI=1S/C18H28N6O2S/c1-13-7-8-15(26-5)14(11-13)24-17(21-22-23-24)27-12-16(25)19-9-6-10-20-18(2,3)4/h7-8,11,20H,6,9-10,12H2,1-5H3,(H,19,25). The Morgan fingerprint density at radius 3 is 2.78 bits per heavy atom. The summed E-state index contributed by atoms with van der Waals surface area (Å²) in [6.45, 7) is 9.85. The second-order valence-corrected chi connectivity index (χ2v) is 8.16. The quantitative estimate of drug-likeness (QED) is 0.498. The molecule has 0 saturated heterocycles. The molecule has 0 atom stereocenters. The van der Waals surface area contributed by atoms with Crippen molar-refractivity contribution in [3.8, 4) is 11.4 Å². The van der Waals surface area contributed by atoms with E-state index in [0.29, 0.717) is 17.5 Å². The first-order valence-corrected chi connectivity index (χ1v) is 9.86. The van der Waals surface area contributed by atoms with Gasteiger partial charge in [0.15, 0.2) is 0 Å². The van der Waals surface area contributed by atoms with Gasteiger partial charge in [-0.2, -0.15) is 4.68 Å². The highest BCUT2D eigenvalue weighted by Crippen LogP contribution is 2.26. The Labute approximate surface area is 164 Å². The number of thioether (sulfide) groups is 1. The number of ether oxygens (including phenoxy) is 1. The zero-order valence-electron chi connectivity index (χ0n) is 16.6. The third kappa shape index (κ3) is 6.84. The first-order valence-electron chi connectivity index (χ1n) is 8.88. The fourth-order valence-corrected chi connectivity index (χ4v) is 3.06. The second kappa shape index (κ2) is 9.70. The lowest BCUT2D eigenvalue weighted by molar-refractivity contribution is -0.118. The topological polar surface area (TPSA) is 94.0 Å². The Hall–Kier alpha value is -2.13. The van der Waals surface area contributed by atoms with E-state index < -0.39 is 0 Å². The van der Waals surface area contributed by atoms with Crippen molar-refractivity contribution in [2.45, 2.75) is 44.8 Å². The maximum absolute atomic E-state index is 12.1. The molecule has 148 valence electrons. The fraction of sp³-hybridized carbons (Fsp3) is 0.556. The minimum atomic E-state index is -0.0403. The molecule has 2 rings (SSSR count). The molecule has 1 heterocycles. The molecule has 0 radical (unpaired) electrons. The maximum Gasteiger partial charge on any atom is 0.230 e. The summed E-state index contributed by atoms with van der Waals surface area (Å²) in [6, 6.07) is 5.78. The third-order valence-electron chi connectivity index (χ3n) is 3.67. The fourth-order valence-electron chi connectivity index (χ4n) is 2.35. The molecule has 0 unspecified atom stereocenters. The summed E-state index contributed by atoms with van der Waals surface area (Å²) in [5.74, 6) is 0.883. The van der Waals surface area contributed by atoms with Gasteiger partial charge in [0.05, 0.1) is 12.9 Å². The molecule has 1 amide bonds. The van der Waals surface area contributed by atoms with Crippen molar-refractivity contribution in [3.05, 3.63) is 23.8 Å². The lowest BCUT2D eigenvalue weighted by atomic mass is 10.1. The minimum absolute atomic E-state index is 0.0403. The summed E-state index contributed by atoms with van der Waals surface area (Å²) in [5, 5.41) is 18.7. The van der Waals surface area contributed by atoms with Crippen molar-refractivity contribution in [2.24, 2.45) is 0 Å². The highest BCUT2D eigenvalue weighted by atomic mass is 32.2. The number of aryl methyl sites for hydroxylation is 1. The zero-order chi connectivity index (χ0) is 19.9. The van der Waals surface area contributed by atoms with Crippen LogP contribution in [0.15, 0.2) is 23.4 Å². The van der Waals surface area contributed by atoms with Gasteiger partial charge in [0.25, 0.3) is 0 Å². The molecule has 2 aromatic rings. The van der Waals surface area contributed by atoms with Crippen molar-refractivity contribution >= 4 is 17.7 Å². The molecule has 0 bridgehead atoms. The molecule has 0 aliphatic carbocycles. The number of amides is 1. The zero-order valence-corrected chi connectivity index (χ0v) is 17.4. The molecule has 9 heteroatoms. The average Bonchev–Trinajstić information content (AvgIpc) is 3.07. The first-order chi connectivity index (χ1) is 12.8. The van der Waals surface area contributed by atoms with Gasteiger partial charge in [-0.25, -0.2) is 0 Å². The molecular weight excluding hydrogens is 364 g/mol. The summed E-state index contributed by atoms with van der Waals surface area (Å²) in [6.07, 6.45) is 0.881. The van der Waals surface area contributed by atoms with Crippen LogP contribution in [0.2, 0.25) is 0 Å². The van der Waals surface area contributed by atoms with Gasteiger partial charge in [-0.15, -0.1) is 5.10 Å². The third-order valence-corrected chi connectivity index (χ3v) is 4.59. The minimum Gasteiger partial charge on any atom is -0.494 e. The number of nitrogens with one attached hydrogen (secondary N) is 2. The van der Waals surface area contributed by atoms with Gasteiger partial charge in [-0.05, 0) is 68.8 Å². The molecule has 8 nitrogen and oxygen atoms in total. The Bertz CT molecular complexity index is 757. The van der Waals surface area contributed by atoms with Crippen molar-refractivity contribution < 1.29 is 9.53 Å². The molecule has 0 aliphatic rings. The van der Waals surface area contributed by atoms with Crippen LogP contribution in [-0.4, -0.2) is 57.6 Å². The van der Waals surface area contributed by atoms with Gasteiger partial charge in [0, 0.05) is 12.1 Å². The van der Waals surface area contributed by atoms with E-state index >= 15 is 0 Å². The van der Waals surface area contributed by atoms with E-state index in [-0.39, 0.29) is 17.2 Å². The molecular formula is C18H28N6O2S. The van der Waals surface area contributed by atoms with Crippen LogP contribution in [0.4, 0.5) is 0 Å². The van der Waals surface area contributed by atoms with E-state index in [1.807, 2.05) is 25.1 Å². The number of carbonyl (C=O) groups excluding carboxylic acids is 1. The largest absolute Gasteiger partial charge is 0.494 e. The van der Waals surface area contributed by atoms with Crippen LogP contribution in [0.5, 0.6) is 5.75 Å². The lowest BCUT2D eigenvalue weighted by Crippen LogP contribution is -2.38. The smallest absolute Gasteiger partial charge is 0.230 e. The van der Waals surface area contributed by atoms with Crippen molar-refractivity contribution in [2.75, 3.05) is 26.0 Å². The molecule has 2 N–H and O–H groups in total. The van der Waals surface area contributed by atoms with Crippen LogP contribution in [0.1, 0.15) is 32.8 Å². The predicted molar refractivity (Wildman–Crippen MR) is 107 cm³/mol. The van der Waals surface area contributed by atoms with E-state index in [9.17, 15) is 4.79 Å². The van der Waals surface area contributed by atoms with E-state index in [4.69, 9.17) is 4.74 Å². The summed E-state index contributed by atoms with van der Waals surface area (Å²) in [5.41, 5.74) is 1.91. The van der Waals surface area contributed by atoms with Gasteiger partial charge in [0.1, 0.15) is 11.4 Å². The molecule has 1 aromatic heterocycles. The molecule has 27 heavy (non-hydrogen) atoms. The summed E-state index contributed by atoms with van der Waals surface area (Å²) in [4.78, 5) is 12.1. The average molecular weight is 393 g/mol. The van der Waals surface area contributed by atoms with E-state index in [0.717, 1.165) is 24.2 Å². The number of hydrogen-bond donors (Lipinski definition) is 2. The monoisotopic (exact) mass is 392 g/mol. The number of tetrazole rings is 1. The van der Waals surface area contributed by atoms with Gasteiger partial charge in [-0.1, -0.05) is 17.8 Å². The van der Waals surface area contributed by atoms with E-state index in [1.165, 1.54) is 11.8 Å². The molecule has 0 fully saturated rings. The van der Waals surface area contributed by atoms with Gasteiger partial charge < -0.3 is 15.4 Å². The predicted octanol–water partition coefficient (Wildman–Crippen LogP) is 1.97. The van der Waals surface area contributed by atoms with Gasteiger partial charge in [0.2, 0.25) is 11.1 Å². The highest BCUT2D eigenvalue weighted by Gasteiger charge is 2.15. The van der Waals surface area contributed by atoms with Crippen LogP contribution < -0.4 is 15.4 Å². The van der Waals surface area contributed by atoms with Crippen LogP contribution in [0, 0.1) is 6.92 Å². The summed E-state index contributed by atoms with van der Waals surface area (Å²) in [7, 11) is 1.60. The van der Waals surface area contributed by atoms with Gasteiger partial charge in [-0.3, -0.25) is 4.79 Å². The molecule has 0 spiro atoms. The summed E-state index contributed by atoms with van der Waals surface area (Å²) >= 11 is 1.29. The van der Waals surface area contributed by atoms with Crippen LogP contribution >= 0.6 is 11.8 Å². The number of benzene rings is 1. The Morgan fingerprint density at radius 1 is 1.30 bits per heavy atom. The van der Waals surface area contributed by atoms with Crippen LogP contribution in [0.3, 0.4) is 0 Å². The highest BCUT2D eigenvalue weighted by molar-refractivity contribution is 7.99. The Balaban J connectivity index is 1.87. The number of nitrogens with zero attached hydrogens (tertiary/aromatic N) is 4. The van der Waals surface area contributed by atoms with E-state index in [1.54, 1.807) is 11.8 Å². The van der Waals surface area contributed by atoms with Crippen molar-refractivity contribution in [1.29, 1.82) is 0 Å².